The number of rotatable bonds is 3. The Hall–Kier alpha value is -1.54. The van der Waals surface area contributed by atoms with Crippen LogP contribution >= 0.6 is 0 Å². The molecule has 10 heteroatoms. The first-order valence-electron chi connectivity index (χ1n) is 4.36. The third-order valence-electron chi connectivity index (χ3n) is 2.20. The van der Waals surface area contributed by atoms with Gasteiger partial charge in [0.05, 0.1) is 24.8 Å². The van der Waals surface area contributed by atoms with Crippen molar-refractivity contribution in [3.8, 4) is 0 Å². The van der Waals surface area contributed by atoms with Crippen molar-refractivity contribution in [2.75, 3.05) is 6.54 Å². The van der Waals surface area contributed by atoms with Crippen molar-refractivity contribution in [1.82, 2.24) is 0 Å². The molecule has 0 radical (unpaired) electrons. The Morgan fingerprint density at radius 2 is 1.81 bits per heavy atom. The molecule has 1 fully saturated rings. The van der Waals surface area contributed by atoms with Crippen LogP contribution in [0.4, 0.5) is 0 Å². The van der Waals surface area contributed by atoms with Crippen LogP contribution in [0.15, 0.2) is 10.2 Å². The molecular formula is C6H10N6O4. The normalized spacial score (nSPS) is 38.3. The molecule has 1 aliphatic rings. The highest BCUT2D eigenvalue weighted by atomic mass is 16.6. The number of hydrogen-bond acceptors (Lipinski definition) is 6. The molecule has 0 aliphatic carbocycles. The van der Waals surface area contributed by atoms with Gasteiger partial charge in [0.1, 0.15) is 6.10 Å². The second-order valence-electron chi connectivity index (χ2n) is 3.16. The molecule has 0 bridgehead atoms. The fourth-order valence-corrected chi connectivity index (χ4v) is 1.39. The van der Waals surface area contributed by atoms with E-state index in [4.69, 9.17) is 15.8 Å². The summed E-state index contributed by atoms with van der Waals surface area (Å²) in [6.45, 7) is -0.237. The van der Waals surface area contributed by atoms with Crippen molar-refractivity contribution in [3.63, 3.8) is 0 Å². The van der Waals surface area contributed by atoms with Gasteiger partial charge in [0.2, 0.25) is 0 Å². The molecule has 1 aliphatic heterocycles. The minimum Gasteiger partial charge on any atom is -0.390 e. The average Bonchev–Trinajstić information content (AvgIpc) is 2.27. The van der Waals surface area contributed by atoms with E-state index < -0.39 is 30.6 Å². The third kappa shape index (κ3) is 2.52. The van der Waals surface area contributed by atoms with Crippen molar-refractivity contribution < 1.29 is 20.1 Å². The number of hydrogen-bond donors (Lipinski definition) is 3. The molecule has 0 unspecified atom stereocenters. The van der Waals surface area contributed by atoms with Gasteiger partial charge in [-0.3, -0.25) is 0 Å². The summed E-state index contributed by atoms with van der Waals surface area (Å²) in [5.41, 5.74) is 16.3. The van der Waals surface area contributed by atoms with Crippen LogP contribution in [-0.2, 0) is 4.74 Å². The smallest absolute Gasteiger partial charge is 0.181 e. The highest BCUT2D eigenvalue weighted by Crippen LogP contribution is 2.22. The van der Waals surface area contributed by atoms with E-state index in [1.165, 1.54) is 0 Å². The van der Waals surface area contributed by atoms with Crippen molar-refractivity contribution >= 4 is 0 Å². The van der Waals surface area contributed by atoms with Crippen molar-refractivity contribution in [2.24, 2.45) is 10.2 Å². The van der Waals surface area contributed by atoms with Gasteiger partial charge in [0.15, 0.2) is 6.29 Å². The Morgan fingerprint density at radius 3 is 2.38 bits per heavy atom. The van der Waals surface area contributed by atoms with Gasteiger partial charge in [0.25, 0.3) is 0 Å². The zero-order chi connectivity index (χ0) is 12.1. The molecule has 10 nitrogen and oxygen atoms in total. The lowest BCUT2D eigenvalue weighted by molar-refractivity contribution is -0.249. The standard InChI is InChI=1S/C6H10N6O4/c7-11-9-1-2-4(13)3(10-12-8)5(14)6(15)16-2/h2-6,13-15H,1H2/t2-,3+,4-,5+,6-/m1/s1. The molecule has 3 N–H and O–H groups in total. The first-order chi connectivity index (χ1) is 7.61. The second-order valence-corrected chi connectivity index (χ2v) is 3.16. The molecule has 88 valence electrons. The lowest BCUT2D eigenvalue weighted by Crippen LogP contribution is -2.57. The summed E-state index contributed by atoms with van der Waals surface area (Å²) in [5, 5.41) is 34.6. The number of azide groups is 2. The predicted octanol–water partition coefficient (Wildman–Crippen LogP) is -0.585. The van der Waals surface area contributed by atoms with E-state index in [1.54, 1.807) is 0 Å². The van der Waals surface area contributed by atoms with E-state index in [1.807, 2.05) is 0 Å². The summed E-state index contributed by atoms with van der Waals surface area (Å²) in [6, 6.07) is -1.24. The number of ether oxygens (including phenoxy) is 1. The summed E-state index contributed by atoms with van der Waals surface area (Å²) >= 11 is 0. The van der Waals surface area contributed by atoms with Gasteiger partial charge in [-0.1, -0.05) is 10.2 Å². The summed E-state index contributed by atoms with van der Waals surface area (Å²) < 4.78 is 4.80. The molecule has 5 atom stereocenters. The van der Waals surface area contributed by atoms with E-state index >= 15 is 0 Å². The first-order valence-corrected chi connectivity index (χ1v) is 4.36. The van der Waals surface area contributed by atoms with Gasteiger partial charge in [-0.05, 0) is 11.1 Å². The van der Waals surface area contributed by atoms with Gasteiger partial charge >= 0.3 is 0 Å². The Labute approximate surface area is 89.3 Å². The van der Waals surface area contributed by atoms with Crippen LogP contribution in [0.3, 0.4) is 0 Å². The second kappa shape index (κ2) is 5.52. The quantitative estimate of drug-likeness (QED) is 0.335. The summed E-state index contributed by atoms with van der Waals surface area (Å²) in [6.07, 6.45) is -5.49. The first kappa shape index (κ1) is 12.5. The van der Waals surface area contributed by atoms with Crippen LogP contribution < -0.4 is 0 Å². The van der Waals surface area contributed by atoms with Gasteiger partial charge in [-0.15, -0.1) is 0 Å². The van der Waals surface area contributed by atoms with Crippen molar-refractivity contribution in [2.45, 2.75) is 30.6 Å². The maximum atomic E-state index is 9.63. The SMILES string of the molecule is [N-]=[N+]=NC[C@H]1O[C@@H](O)[C@@H](O)[C@@H](N=[N+]=[N-])[C@@H]1O. The molecule has 16 heavy (non-hydrogen) atoms. The average molecular weight is 230 g/mol. The third-order valence-corrected chi connectivity index (χ3v) is 2.20. The molecule has 1 rings (SSSR count). The lowest BCUT2D eigenvalue weighted by atomic mass is 9.97. The highest BCUT2D eigenvalue weighted by molar-refractivity contribution is 4.94. The van der Waals surface area contributed by atoms with Gasteiger partial charge in [-0.2, -0.15) is 0 Å². The van der Waals surface area contributed by atoms with Crippen molar-refractivity contribution in [3.05, 3.63) is 20.9 Å². The minimum absolute atomic E-state index is 0.237. The van der Waals surface area contributed by atoms with Gasteiger partial charge in [0, 0.05) is 9.82 Å². The predicted molar refractivity (Wildman–Crippen MR) is 49.8 cm³/mol. The Bertz CT molecular complexity index is 338. The maximum Gasteiger partial charge on any atom is 0.181 e. The Morgan fingerprint density at radius 1 is 1.12 bits per heavy atom. The summed E-state index contributed by atoms with van der Waals surface area (Å²) in [7, 11) is 0. The topological polar surface area (TPSA) is 167 Å². The molecule has 1 saturated heterocycles. The number of aliphatic hydroxyl groups is 3. The Balaban J connectivity index is 2.83. The van der Waals surface area contributed by atoms with E-state index in [0.717, 1.165) is 0 Å². The molecule has 0 aromatic heterocycles. The summed E-state index contributed by atoms with van der Waals surface area (Å²) in [4.78, 5) is 4.91. The van der Waals surface area contributed by atoms with Gasteiger partial charge in [-0.25, -0.2) is 0 Å². The van der Waals surface area contributed by atoms with Gasteiger partial charge < -0.3 is 20.1 Å². The van der Waals surface area contributed by atoms with Crippen molar-refractivity contribution in [1.29, 1.82) is 0 Å². The molecule has 0 aromatic carbocycles. The summed E-state index contributed by atoms with van der Waals surface area (Å²) in [5.74, 6) is 0. The Kier molecular flexibility index (Phi) is 4.32. The lowest BCUT2D eigenvalue weighted by Gasteiger charge is -2.38. The number of nitrogens with zero attached hydrogens (tertiary/aromatic N) is 6. The van der Waals surface area contributed by atoms with E-state index in [9.17, 15) is 15.3 Å². The van der Waals surface area contributed by atoms with E-state index in [-0.39, 0.29) is 6.54 Å². The van der Waals surface area contributed by atoms with E-state index in [2.05, 4.69) is 20.1 Å². The minimum atomic E-state index is -1.60. The zero-order valence-corrected chi connectivity index (χ0v) is 8.03. The van der Waals surface area contributed by atoms with Crippen LogP contribution in [0.1, 0.15) is 0 Å². The highest BCUT2D eigenvalue weighted by Gasteiger charge is 2.43. The van der Waals surface area contributed by atoms with Crippen LogP contribution in [0.2, 0.25) is 0 Å². The molecular weight excluding hydrogens is 220 g/mol. The molecule has 0 saturated carbocycles. The number of aliphatic hydroxyl groups excluding tert-OH is 3. The monoisotopic (exact) mass is 230 g/mol. The fourth-order valence-electron chi connectivity index (χ4n) is 1.39. The maximum absolute atomic E-state index is 9.63. The fraction of sp³-hybridized carbons (Fsp3) is 1.00. The zero-order valence-electron chi connectivity index (χ0n) is 8.03. The molecule has 0 spiro atoms. The van der Waals surface area contributed by atoms with Crippen LogP contribution in [0.5, 0.6) is 0 Å². The molecule has 1 heterocycles. The van der Waals surface area contributed by atoms with Crippen LogP contribution in [-0.4, -0.2) is 52.5 Å². The molecule has 0 amide bonds. The van der Waals surface area contributed by atoms with Crippen LogP contribution in [0, 0.1) is 0 Å². The van der Waals surface area contributed by atoms with Crippen LogP contribution in [0.25, 0.3) is 20.9 Å². The largest absolute Gasteiger partial charge is 0.390 e. The molecule has 0 aromatic rings. The van der Waals surface area contributed by atoms with E-state index in [0.29, 0.717) is 0 Å².